The lowest BCUT2D eigenvalue weighted by Crippen LogP contribution is -2.30. The topological polar surface area (TPSA) is 77.8 Å². The summed E-state index contributed by atoms with van der Waals surface area (Å²) in [6.07, 6.45) is 1.38. The molecule has 0 saturated carbocycles. The van der Waals surface area contributed by atoms with Crippen LogP contribution in [0.2, 0.25) is 0 Å². The van der Waals surface area contributed by atoms with Crippen LogP contribution in [0.1, 0.15) is 21.5 Å². The number of pyridine rings is 1. The maximum Gasteiger partial charge on any atom is 0.257 e. The largest absolute Gasteiger partial charge is 0.382 e. The summed E-state index contributed by atoms with van der Waals surface area (Å²) in [6.45, 7) is 1.87. The van der Waals surface area contributed by atoms with Gasteiger partial charge in [-0.2, -0.15) is 5.26 Å². The summed E-state index contributed by atoms with van der Waals surface area (Å²) in [5.74, 6) is -3.26. The Morgan fingerprint density at radius 3 is 2.57 bits per heavy atom. The van der Waals surface area contributed by atoms with Gasteiger partial charge in [0.2, 0.25) is 0 Å². The fourth-order valence-electron chi connectivity index (χ4n) is 2.88. The van der Waals surface area contributed by atoms with Crippen molar-refractivity contribution in [3.05, 3.63) is 70.7 Å². The summed E-state index contributed by atoms with van der Waals surface area (Å²) in [5, 5.41) is 15.1. The van der Waals surface area contributed by atoms with E-state index < -0.39 is 28.9 Å². The van der Waals surface area contributed by atoms with Crippen molar-refractivity contribution in [2.75, 3.05) is 18.4 Å². The van der Waals surface area contributed by atoms with Gasteiger partial charge in [-0.1, -0.05) is 6.07 Å². The molecule has 0 aliphatic rings. The van der Waals surface area contributed by atoms with Crippen molar-refractivity contribution in [1.29, 1.82) is 5.26 Å². The standard InChI is InChI=1S/C20H15F3N4O/c1-11-7-13(21)8-14-18(11)27-10-12(9-24)19(14)25-5-6-26-20(28)17-15(22)3-2-4-16(17)23/h2-4,7-8,10H,5-6H2,1H3,(H,25,27)(H,26,28). The molecule has 0 bridgehead atoms. The highest BCUT2D eigenvalue weighted by Gasteiger charge is 2.16. The minimum absolute atomic E-state index is 0.0234. The smallest absolute Gasteiger partial charge is 0.257 e. The highest BCUT2D eigenvalue weighted by molar-refractivity contribution is 5.96. The number of rotatable bonds is 5. The Morgan fingerprint density at radius 2 is 1.89 bits per heavy atom. The van der Waals surface area contributed by atoms with Gasteiger partial charge in [-0.05, 0) is 36.8 Å². The number of nitrogens with one attached hydrogen (secondary N) is 2. The molecule has 0 radical (unpaired) electrons. The van der Waals surface area contributed by atoms with Crippen LogP contribution in [0.25, 0.3) is 10.9 Å². The van der Waals surface area contributed by atoms with Gasteiger partial charge in [-0.3, -0.25) is 9.78 Å². The molecule has 0 aliphatic carbocycles. The van der Waals surface area contributed by atoms with Crippen LogP contribution < -0.4 is 10.6 Å². The van der Waals surface area contributed by atoms with Gasteiger partial charge >= 0.3 is 0 Å². The van der Waals surface area contributed by atoms with Crippen molar-refractivity contribution in [2.24, 2.45) is 0 Å². The Bertz CT molecular complexity index is 1090. The molecule has 3 rings (SSSR count). The van der Waals surface area contributed by atoms with Gasteiger partial charge in [0.05, 0.1) is 16.8 Å². The lowest BCUT2D eigenvalue weighted by molar-refractivity contribution is 0.0946. The molecule has 0 spiro atoms. The fourth-order valence-corrected chi connectivity index (χ4v) is 2.88. The first kappa shape index (κ1) is 19.2. The molecule has 142 valence electrons. The van der Waals surface area contributed by atoms with Crippen molar-refractivity contribution in [2.45, 2.75) is 6.92 Å². The second-order valence-corrected chi connectivity index (χ2v) is 6.06. The minimum atomic E-state index is -0.955. The molecule has 2 aromatic carbocycles. The third kappa shape index (κ3) is 3.74. The van der Waals surface area contributed by atoms with E-state index in [1.807, 2.05) is 6.07 Å². The quantitative estimate of drug-likeness (QED) is 0.658. The number of carbonyl (C=O) groups excluding carboxylic acids is 1. The van der Waals surface area contributed by atoms with Crippen LogP contribution in [0.3, 0.4) is 0 Å². The summed E-state index contributed by atoms with van der Waals surface area (Å²) in [4.78, 5) is 16.2. The number of benzene rings is 2. The molecule has 0 saturated heterocycles. The third-order valence-corrected chi connectivity index (χ3v) is 4.15. The zero-order valence-electron chi connectivity index (χ0n) is 14.8. The van der Waals surface area contributed by atoms with Crippen LogP contribution in [0.15, 0.2) is 36.5 Å². The van der Waals surface area contributed by atoms with Gasteiger partial charge in [-0.25, -0.2) is 13.2 Å². The van der Waals surface area contributed by atoms with Crippen LogP contribution >= 0.6 is 0 Å². The molecule has 1 aromatic heterocycles. The second kappa shape index (κ2) is 7.96. The number of amides is 1. The van der Waals surface area contributed by atoms with Gasteiger partial charge in [0.25, 0.3) is 5.91 Å². The van der Waals surface area contributed by atoms with Gasteiger partial charge in [0, 0.05) is 24.7 Å². The van der Waals surface area contributed by atoms with E-state index in [0.717, 1.165) is 12.1 Å². The Morgan fingerprint density at radius 1 is 1.18 bits per heavy atom. The molecule has 2 N–H and O–H groups in total. The third-order valence-electron chi connectivity index (χ3n) is 4.15. The highest BCUT2D eigenvalue weighted by atomic mass is 19.1. The number of fused-ring (bicyclic) bond motifs is 1. The summed E-state index contributed by atoms with van der Waals surface area (Å²) >= 11 is 0. The second-order valence-electron chi connectivity index (χ2n) is 6.06. The van der Waals surface area contributed by atoms with Gasteiger partial charge in [0.1, 0.15) is 29.1 Å². The van der Waals surface area contributed by atoms with Crippen molar-refractivity contribution in [3.8, 4) is 6.07 Å². The SMILES string of the molecule is Cc1cc(F)cc2c(NCCNC(=O)c3c(F)cccc3F)c(C#N)cnc12. The van der Waals surface area contributed by atoms with E-state index >= 15 is 0 Å². The molecule has 0 aliphatic heterocycles. The summed E-state index contributed by atoms with van der Waals surface area (Å²) in [6, 6.07) is 7.75. The summed E-state index contributed by atoms with van der Waals surface area (Å²) in [7, 11) is 0. The Labute approximate surface area is 158 Å². The molecular weight excluding hydrogens is 369 g/mol. The first-order chi connectivity index (χ1) is 13.4. The molecule has 1 heterocycles. The monoisotopic (exact) mass is 384 g/mol. The molecule has 28 heavy (non-hydrogen) atoms. The number of hydrogen-bond acceptors (Lipinski definition) is 4. The predicted molar refractivity (Wildman–Crippen MR) is 98.3 cm³/mol. The Hall–Kier alpha value is -3.60. The average molecular weight is 384 g/mol. The van der Waals surface area contributed by atoms with E-state index in [9.17, 15) is 23.2 Å². The van der Waals surface area contributed by atoms with E-state index in [1.165, 1.54) is 24.4 Å². The van der Waals surface area contributed by atoms with Crippen molar-refractivity contribution in [1.82, 2.24) is 10.3 Å². The van der Waals surface area contributed by atoms with Crippen LogP contribution in [-0.4, -0.2) is 24.0 Å². The molecule has 0 fully saturated rings. The summed E-state index contributed by atoms with van der Waals surface area (Å²) < 4.78 is 41.1. The molecule has 5 nitrogen and oxygen atoms in total. The maximum absolute atomic E-state index is 13.8. The van der Waals surface area contributed by atoms with Crippen molar-refractivity contribution < 1.29 is 18.0 Å². The predicted octanol–water partition coefficient (Wildman–Crippen LogP) is 3.67. The lowest BCUT2D eigenvalue weighted by Gasteiger charge is -2.13. The molecular formula is C20H15F3N4O. The van der Waals surface area contributed by atoms with E-state index in [2.05, 4.69) is 15.6 Å². The lowest BCUT2D eigenvalue weighted by atomic mass is 10.1. The number of anilines is 1. The molecule has 3 aromatic rings. The number of carbonyl (C=O) groups is 1. The molecule has 8 heteroatoms. The van der Waals surface area contributed by atoms with E-state index in [4.69, 9.17) is 0 Å². The highest BCUT2D eigenvalue weighted by Crippen LogP contribution is 2.28. The van der Waals surface area contributed by atoms with Crippen LogP contribution in [0.5, 0.6) is 0 Å². The van der Waals surface area contributed by atoms with Gasteiger partial charge in [0.15, 0.2) is 0 Å². The number of nitrogens with zero attached hydrogens (tertiary/aromatic N) is 2. The summed E-state index contributed by atoms with van der Waals surface area (Å²) in [5.41, 5.74) is 1.09. The van der Waals surface area contributed by atoms with Gasteiger partial charge in [-0.15, -0.1) is 0 Å². The van der Waals surface area contributed by atoms with Gasteiger partial charge < -0.3 is 10.6 Å². The first-order valence-electron chi connectivity index (χ1n) is 8.37. The fraction of sp³-hybridized carbons (Fsp3) is 0.150. The van der Waals surface area contributed by atoms with E-state index in [0.29, 0.717) is 22.2 Å². The Kier molecular flexibility index (Phi) is 5.45. The minimum Gasteiger partial charge on any atom is -0.382 e. The number of aryl methyl sites for hydroxylation is 1. The first-order valence-corrected chi connectivity index (χ1v) is 8.37. The molecule has 1 amide bonds. The zero-order valence-corrected chi connectivity index (χ0v) is 14.8. The number of aromatic nitrogens is 1. The number of hydrogen-bond donors (Lipinski definition) is 2. The number of nitriles is 1. The molecule has 0 unspecified atom stereocenters. The van der Waals surface area contributed by atoms with Crippen LogP contribution in [0, 0.1) is 35.7 Å². The van der Waals surface area contributed by atoms with Crippen LogP contribution in [-0.2, 0) is 0 Å². The van der Waals surface area contributed by atoms with E-state index in [1.54, 1.807) is 6.92 Å². The van der Waals surface area contributed by atoms with Crippen LogP contribution in [0.4, 0.5) is 18.9 Å². The zero-order chi connectivity index (χ0) is 20.3. The number of halogens is 3. The van der Waals surface area contributed by atoms with Crippen molar-refractivity contribution in [3.63, 3.8) is 0 Å². The Balaban J connectivity index is 1.76. The van der Waals surface area contributed by atoms with Crippen molar-refractivity contribution >= 4 is 22.5 Å². The maximum atomic E-state index is 13.8. The average Bonchev–Trinajstić information content (AvgIpc) is 2.65. The van der Waals surface area contributed by atoms with E-state index in [-0.39, 0.29) is 18.7 Å². The molecule has 0 atom stereocenters. The normalized spacial score (nSPS) is 10.5.